The van der Waals surface area contributed by atoms with Gasteiger partial charge in [0.15, 0.2) is 0 Å². The molecule has 0 unspecified atom stereocenters. The summed E-state index contributed by atoms with van der Waals surface area (Å²) in [6.45, 7) is 0.517. The SMILES string of the molecule is CN(CCC#N)C(=O)CNC(=O)[C@@H]1CCCN(S(=O)(=O)c2ccc(Cl)cc2)C1. The van der Waals surface area contributed by atoms with Crippen molar-refractivity contribution in [1.29, 1.82) is 5.26 Å². The van der Waals surface area contributed by atoms with Crippen LogP contribution in [0.2, 0.25) is 5.02 Å². The van der Waals surface area contributed by atoms with E-state index in [1.54, 1.807) is 7.05 Å². The van der Waals surface area contributed by atoms with E-state index in [9.17, 15) is 18.0 Å². The van der Waals surface area contributed by atoms with E-state index in [4.69, 9.17) is 16.9 Å². The Bertz CT molecular complexity index is 851. The topological polar surface area (TPSA) is 111 Å². The van der Waals surface area contributed by atoms with E-state index in [0.29, 0.717) is 31.0 Å². The van der Waals surface area contributed by atoms with Crippen molar-refractivity contribution in [2.24, 2.45) is 5.92 Å². The van der Waals surface area contributed by atoms with Gasteiger partial charge < -0.3 is 10.2 Å². The Morgan fingerprint density at radius 2 is 2.04 bits per heavy atom. The molecule has 0 radical (unpaired) electrons. The first kappa shape index (κ1) is 22.1. The number of sulfonamides is 1. The van der Waals surface area contributed by atoms with Gasteiger partial charge in [-0.15, -0.1) is 0 Å². The highest BCUT2D eigenvalue weighted by Crippen LogP contribution is 2.24. The standard InChI is InChI=1S/C18H23ClN4O4S/c1-22(10-3-9-20)17(24)12-21-18(25)14-4-2-11-23(13-14)28(26,27)16-7-5-15(19)6-8-16/h5-8,14H,2-4,10-13H2,1H3,(H,21,25)/t14-/m1/s1. The van der Waals surface area contributed by atoms with E-state index < -0.39 is 15.9 Å². The molecule has 1 aliphatic rings. The second-order valence-corrected chi connectivity index (χ2v) is 8.97. The Balaban J connectivity index is 1.95. The summed E-state index contributed by atoms with van der Waals surface area (Å²) in [5.41, 5.74) is 0. The number of nitrogens with zero attached hydrogens (tertiary/aromatic N) is 3. The summed E-state index contributed by atoms with van der Waals surface area (Å²) >= 11 is 5.81. The highest BCUT2D eigenvalue weighted by molar-refractivity contribution is 7.89. The summed E-state index contributed by atoms with van der Waals surface area (Å²) in [4.78, 5) is 25.9. The molecule has 0 saturated carbocycles. The van der Waals surface area contributed by atoms with Crippen molar-refractivity contribution in [1.82, 2.24) is 14.5 Å². The van der Waals surface area contributed by atoms with Crippen molar-refractivity contribution in [3.05, 3.63) is 29.3 Å². The van der Waals surface area contributed by atoms with Crippen LogP contribution in [0.1, 0.15) is 19.3 Å². The van der Waals surface area contributed by atoms with Crippen molar-refractivity contribution in [3.8, 4) is 6.07 Å². The average molecular weight is 427 g/mol. The molecule has 1 aliphatic heterocycles. The van der Waals surface area contributed by atoms with E-state index in [2.05, 4.69) is 5.32 Å². The van der Waals surface area contributed by atoms with E-state index >= 15 is 0 Å². The molecule has 0 aromatic heterocycles. The van der Waals surface area contributed by atoms with Gasteiger partial charge in [-0.3, -0.25) is 9.59 Å². The Hall–Kier alpha value is -2.15. The minimum absolute atomic E-state index is 0.0647. The number of hydrogen-bond donors (Lipinski definition) is 1. The van der Waals surface area contributed by atoms with Crippen LogP contribution in [0.5, 0.6) is 0 Å². The smallest absolute Gasteiger partial charge is 0.243 e. The number of nitrogens with one attached hydrogen (secondary N) is 1. The molecule has 1 saturated heterocycles. The average Bonchev–Trinajstić information content (AvgIpc) is 2.70. The van der Waals surface area contributed by atoms with Crippen LogP contribution in [0.3, 0.4) is 0 Å². The summed E-state index contributed by atoms with van der Waals surface area (Å²) in [7, 11) is -2.15. The third-order valence-electron chi connectivity index (χ3n) is 4.60. The number of nitriles is 1. The zero-order valence-corrected chi connectivity index (χ0v) is 17.2. The summed E-state index contributed by atoms with van der Waals surface area (Å²) < 4.78 is 26.9. The Labute approximate surface area is 170 Å². The number of halogens is 1. The maximum absolute atomic E-state index is 12.8. The van der Waals surface area contributed by atoms with Gasteiger partial charge in [0.2, 0.25) is 21.8 Å². The molecule has 28 heavy (non-hydrogen) atoms. The molecule has 1 fully saturated rings. The fourth-order valence-electron chi connectivity index (χ4n) is 2.91. The van der Waals surface area contributed by atoms with Gasteiger partial charge in [0.05, 0.1) is 29.8 Å². The largest absolute Gasteiger partial charge is 0.347 e. The third-order valence-corrected chi connectivity index (χ3v) is 6.74. The van der Waals surface area contributed by atoms with Crippen LogP contribution in [0.25, 0.3) is 0 Å². The summed E-state index contributed by atoms with van der Waals surface area (Å²) in [5.74, 6) is -1.17. The highest BCUT2D eigenvalue weighted by atomic mass is 35.5. The molecule has 1 N–H and O–H groups in total. The van der Waals surface area contributed by atoms with Crippen LogP contribution in [-0.4, -0.2) is 62.7 Å². The molecule has 0 spiro atoms. The molecule has 1 atom stereocenters. The van der Waals surface area contributed by atoms with Gasteiger partial charge in [-0.05, 0) is 37.1 Å². The van der Waals surface area contributed by atoms with Crippen LogP contribution in [0.4, 0.5) is 0 Å². The van der Waals surface area contributed by atoms with Crippen LogP contribution >= 0.6 is 11.6 Å². The lowest BCUT2D eigenvalue weighted by Crippen LogP contribution is -2.47. The van der Waals surface area contributed by atoms with Gasteiger partial charge >= 0.3 is 0 Å². The summed E-state index contributed by atoms with van der Waals surface area (Å²) in [5, 5.41) is 11.6. The maximum Gasteiger partial charge on any atom is 0.243 e. The lowest BCUT2D eigenvalue weighted by Gasteiger charge is -2.31. The van der Waals surface area contributed by atoms with E-state index in [1.807, 2.05) is 6.07 Å². The van der Waals surface area contributed by atoms with Gasteiger partial charge in [-0.2, -0.15) is 9.57 Å². The first-order valence-corrected chi connectivity index (χ1v) is 10.7. The normalized spacial score (nSPS) is 17.5. The van der Waals surface area contributed by atoms with Crippen molar-refractivity contribution in [2.75, 3.05) is 33.2 Å². The first-order chi connectivity index (χ1) is 13.3. The second-order valence-electron chi connectivity index (χ2n) is 6.60. The lowest BCUT2D eigenvalue weighted by molar-refractivity contribution is -0.133. The van der Waals surface area contributed by atoms with Gasteiger partial charge in [0, 0.05) is 31.7 Å². The van der Waals surface area contributed by atoms with Crippen LogP contribution in [0.15, 0.2) is 29.2 Å². The van der Waals surface area contributed by atoms with Gasteiger partial charge in [-0.25, -0.2) is 8.42 Å². The zero-order valence-electron chi connectivity index (χ0n) is 15.6. The molecule has 152 valence electrons. The van der Waals surface area contributed by atoms with Crippen LogP contribution in [0, 0.1) is 17.2 Å². The van der Waals surface area contributed by atoms with Gasteiger partial charge in [0.1, 0.15) is 0 Å². The Morgan fingerprint density at radius 1 is 1.36 bits per heavy atom. The number of hydrogen-bond acceptors (Lipinski definition) is 5. The molecule has 8 nitrogen and oxygen atoms in total. The number of carbonyl (C=O) groups excluding carboxylic acids is 2. The quantitative estimate of drug-likeness (QED) is 0.704. The second kappa shape index (κ2) is 9.87. The number of piperidine rings is 1. The monoisotopic (exact) mass is 426 g/mol. The maximum atomic E-state index is 12.8. The van der Waals surface area contributed by atoms with E-state index in [0.717, 1.165) is 0 Å². The number of amides is 2. The molecule has 1 heterocycles. The zero-order chi connectivity index (χ0) is 20.7. The highest BCUT2D eigenvalue weighted by Gasteiger charge is 2.33. The number of benzene rings is 1. The van der Waals surface area contributed by atoms with Crippen molar-refractivity contribution in [3.63, 3.8) is 0 Å². The molecular weight excluding hydrogens is 404 g/mol. The van der Waals surface area contributed by atoms with Gasteiger partial charge in [0.25, 0.3) is 0 Å². The van der Waals surface area contributed by atoms with Crippen LogP contribution < -0.4 is 5.32 Å². The molecule has 1 aromatic carbocycles. The fourth-order valence-corrected chi connectivity index (χ4v) is 4.56. The third kappa shape index (κ3) is 5.67. The number of carbonyl (C=O) groups is 2. The minimum atomic E-state index is -3.71. The minimum Gasteiger partial charge on any atom is -0.347 e. The predicted molar refractivity (Wildman–Crippen MR) is 104 cm³/mol. The van der Waals surface area contributed by atoms with E-state index in [1.165, 1.54) is 33.5 Å². The van der Waals surface area contributed by atoms with E-state index in [-0.39, 0.29) is 36.2 Å². The number of likely N-dealkylation sites (N-methyl/N-ethyl adjacent to an activating group) is 1. The summed E-state index contributed by atoms with van der Waals surface area (Å²) in [6.07, 6.45) is 1.33. The molecule has 2 rings (SSSR count). The van der Waals surface area contributed by atoms with Crippen LogP contribution in [-0.2, 0) is 19.6 Å². The summed E-state index contributed by atoms with van der Waals surface area (Å²) in [6, 6.07) is 7.86. The molecular formula is C18H23ClN4O4S. The fraction of sp³-hybridized carbons (Fsp3) is 0.500. The Kier molecular flexibility index (Phi) is 7.80. The Morgan fingerprint density at radius 3 is 2.68 bits per heavy atom. The molecule has 0 bridgehead atoms. The number of rotatable bonds is 7. The first-order valence-electron chi connectivity index (χ1n) is 8.90. The molecule has 0 aliphatic carbocycles. The molecule has 1 aromatic rings. The predicted octanol–water partition coefficient (Wildman–Crippen LogP) is 1.23. The molecule has 2 amide bonds. The van der Waals surface area contributed by atoms with Crippen molar-refractivity contribution in [2.45, 2.75) is 24.2 Å². The van der Waals surface area contributed by atoms with Crippen molar-refractivity contribution < 1.29 is 18.0 Å². The van der Waals surface area contributed by atoms with Gasteiger partial charge in [-0.1, -0.05) is 11.6 Å². The molecule has 10 heteroatoms. The van der Waals surface area contributed by atoms with Crippen molar-refractivity contribution >= 4 is 33.4 Å². The lowest BCUT2D eigenvalue weighted by atomic mass is 9.99.